The Balaban J connectivity index is 0.000000236. The van der Waals surface area contributed by atoms with Crippen molar-refractivity contribution < 1.29 is 0 Å². The molecule has 1 saturated heterocycles. The monoisotopic (exact) mass is 144 g/mol. The van der Waals surface area contributed by atoms with Gasteiger partial charge in [0, 0.05) is 0 Å². The number of hydrogen-bond acceptors (Lipinski definition) is 2. The molecule has 0 aromatic heterocycles. The van der Waals surface area contributed by atoms with Crippen LogP contribution in [0.2, 0.25) is 0 Å². The third-order valence-corrected chi connectivity index (χ3v) is 1.74. The first-order valence-corrected chi connectivity index (χ1v) is 4.14. The second-order valence-electron chi connectivity index (χ2n) is 2.77. The van der Waals surface area contributed by atoms with Crippen LogP contribution in [0, 0.1) is 5.92 Å². The second kappa shape index (κ2) is 7.03. The van der Waals surface area contributed by atoms with Crippen molar-refractivity contribution in [2.24, 2.45) is 5.92 Å². The van der Waals surface area contributed by atoms with E-state index in [4.69, 9.17) is 0 Å². The molecule has 1 aliphatic rings. The first-order chi connectivity index (χ1) is 4.85. The summed E-state index contributed by atoms with van der Waals surface area (Å²) in [6.45, 7) is 4.77. The molecule has 1 rings (SSSR count). The Morgan fingerprint density at radius 1 is 1.50 bits per heavy atom. The maximum atomic E-state index is 3.32. The quantitative estimate of drug-likeness (QED) is 0.570. The van der Waals surface area contributed by atoms with Gasteiger partial charge in [-0.2, -0.15) is 0 Å². The van der Waals surface area contributed by atoms with Crippen molar-refractivity contribution in [3.05, 3.63) is 0 Å². The second-order valence-corrected chi connectivity index (χ2v) is 2.77. The summed E-state index contributed by atoms with van der Waals surface area (Å²) >= 11 is 0. The summed E-state index contributed by atoms with van der Waals surface area (Å²) < 4.78 is 0. The van der Waals surface area contributed by atoms with Crippen LogP contribution in [-0.2, 0) is 0 Å². The van der Waals surface area contributed by atoms with Gasteiger partial charge in [0.25, 0.3) is 0 Å². The highest BCUT2D eigenvalue weighted by atomic mass is 14.9. The summed E-state index contributed by atoms with van der Waals surface area (Å²) in [5, 5.41) is 6.07. The summed E-state index contributed by atoms with van der Waals surface area (Å²) in [5.41, 5.74) is 0. The Hall–Kier alpha value is -0.0800. The van der Waals surface area contributed by atoms with Gasteiger partial charge in [-0.3, -0.25) is 0 Å². The predicted molar refractivity (Wildman–Crippen MR) is 46.3 cm³/mol. The molecule has 0 aromatic carbocycles. The van der Waals surface area contributed by atoms with Crippen LogP contribution in [0.3, 0.4) is 0 Å². The SMILES string of the molecule is CCC1CCNC1.CNC. The average Bonchev–Trinajstić information content (AvgIpc) is 2.39. The van der Waals surface area contributed by atoms with Gasteiger partial charge < -0.3 is 10.6 Å². The van der Waals surface area contributed by atoms with Crippen LogP contribution in [0.4, 0.5) is 0 Å². The molecule has 1 fully saturated rings. The molecule has 2 N–H and O–H groups in total. The molecule has 0 aromatic rings. The third kappa shape index (κ3) is 4.77. The number of nitrogens with one attached hydrogen (secondary N) is 2. The zero-order valence-electron chi connectivity index (χ0n) is 7.41. The van der Waals surface area contributed by atoms with E-state index in [1.807, 2.05) is 14.1 Å². The lowest BCUT2D eigenvalue weighted by Gasteiger charge is -1.98. The first-order valence-electron chi connectivity index (χ1n) is 4.14. The normalized spacial score (nSPS) is 23.7. The number of rotatable bonds is 1. The summed E-state index contributed by atoms with van der Waals surface area (Å²) in [7, 11) is 3.75. The van der Waals surface area contributed by atoms with E-state index in [2.05, 4.69) is 17.6 Å². The van der Waals surface area contributed by atoms with Crippen molar-refractivity contribution >= 4 is 0 Å². The van der Waals surface area contributed by atoms with Crippen molar-refractivity contribution in [2.75, 3.05) is 27.2 Å². The Labute approximate surface area is 64.4 Å². The van der Waals surface area contributed by atoms with E-state index in [1.54, 1.807) is 0 Å². The van der Waals surface area contributed by atoms with Crippen molar-refractivity contribution in [1.82, 2.24) is 10.6 Å². The maximum absolute atomic E-state index is 3.32. The van der Waals surface area contributed by atoms with Gasteiger partial charge in [0.1, 0.15) is 0 Å². The van der Waals surface area contributed by atoms with Crippen LogP contribution in [0.15, 0.2) is 0 Å². The van der Waals surface area contributed by atoms with Gasteiger partial charge >= 0.3 is 0 Å². The molecule has 62 valence electrons. The van der Waals surface area contributed by atoms with Crippen LogP contribution in [-0.4, -0.2) is 27.2 Å². The Morgan fingerprint density at radius 2 is 2.10 bits per heavy atom. The molecular formula is C8H20N2. The van der Waals surface area contributed by atoms with Crippen LogP contribution >= 0.6 is 0 Å². The minimum atomic E-state index is 0.986. The van der Waals surface area contributed by atoms with Crippen LogP contribution in [0.1, 0.15) is 19.8 Å². The van der Waals surface area contributed by atoms with Gasteiger partial charge in [-0.05, 0) is 39.5 Å². The summed E-state index contributed by atoms with van der Waals surface area (Å²) in [5.74, 6) is 0.986. The lowest BCUT2D eigenvalue weighted by atomic mass is 10.1. The van der Waals surface area contributed by atoms with Crippen LogP contribution in [0.25, 0.3) is 0 Å². The van der Waals surface area contributed by atoms with Gasteiger partial charge in [0.05, 0.1) is 0 Å². The minimum Gasteiger partial charge on any atom is -0.323 e. The fourth-order valence-electron chi connectivity index (χ4n) is 1.06. The zero-order chi connectivity index (χ0) is 7.82. The minimum absolute atomic E-state index is 0.986. The van der Waals surface area contributed by atoms with Crippen molar-refractivity contribution in [1.29, 1.82) is 0 Å². The molecule has 1 heterocycles. The average molecular weight is 144 g/mol. The Kier molecular flexibility index (Phi) is 6.98. The van der Waals surface area contributed by atoms with Gasteiger partial charge in [-0.15, -0.1) is 0 Å². The third-order valence-electron chi connectivity index (χ3n) is 1.74. The van der Waals surface area contributed by atoms with E-state index in [0.717, 1.165) is 5.92 Å². The highest BCUT2D eigenvalue weighted by molar-refractivity contribution is 4.68. The standard InChI is InChI=1S/C6H13N.C2H7N/c1-2-6-3-4-7-5-6;1-3-2/h6-7H,2-5H2,1H3;3H,1-2H3. The molecule has 10 heavy (non-hydrogen) atoms. The molecule has 0 aliphatic carbocycles. The van der Waals surface area contributed by atoms with E-state index < -0.39 is 0 Å². The van der Waals surface area contributed by atoms with Gasteiger partial charge in [0.15, 0.2) is 0 Å². The Bertz CT molecular complexity index is 58.3. The van der Waals surface area contributed by atoms with Crippen molar-refractivity contribution in [2.45, 2.75) is 19.8 Å². The molecule has 0 radical (unpaired) electrons. The number of hydrogen-bond donors (Lipinski definition) is 2. The zero-order valence-corrected chi connectivity index (χ0v) is 7.41. The fourth-order valence-corrected chi connectivity index (χ4v) is 1.06. The predicted octanol–water partition coefficient (Wildman–Crippen LogP) is 0.842. The van der Waals surface area contributed by atoms with E-state index >= 15 is 0 Å². The molecule has 0 amide bonds. The molecule has 0 bridgehead atoms. The largest absolute Gasteiger partial charge is 0.323 e. The summed E-state index contributed by atoms with van der Waals surface area (Å²) in [4.78, 5) is 0. The lowest BCUT2D eigenvalue weighted by Crippen LogP contribution is -2.07. The van der Waals surface area contributed by atoms with Gasteiger partial charge in [-0.1, -0.05) is 13.3 Å². The highest BCUT2D eigenvalue weighted by Gasteiger charge is 2.10. The van der Waals surface area contributed by atoms with Crippen LogP contribution in [0.5, 0.6) is 0 Å². The van der Waals surface area contributed by atoms with Crippen molar-refractivity contribution in [3.8, 4) is 0 Å². The van der Waals surface area contributed by atoms with E-state index in [0.29, 0.717) is 0 Å². The van der Waals surface area contributed by atoms with E-state index in [9.17, 15) is 0 Å². The molecule has 1 unspecified atom stereocenters. The molecule has 2 nitrogen and oxygen atoms in total. The van der Waals surface area contributed by atoms with Gasteiger partial charge in [-0.25, -0.2) is 0 Å². The van der Waals surface area contributed by atoms with E-state index in [1.165, 1.54) is 25.9 Å². The van der Waals surface area contributed by atoms with Gasteiger partial charge in [0.2, 0.25) is 0 Å². The fraction of sp³-hybridized carbons (Fsp3) is 1.00. The lowest BCUT2D eigenvalue weighted by molar-refractivity contribution is 0.563. The van der Waals surface area contributed by atoms with Crippen molar-refractivity contribution in [3.63, 3.8) is 0 Å². The highest BCUT2D eigenvalue weighted by Crippen LogP contribution is 2.09. The molecule has 1 atom stereocenters. The smallest absolute Gasteiger partial charge is 0.00201 e. The molecular weight excluding hydrogens is 124 g/mol. The topological polar surface area (TPSA) is 24.1 Å². The molecule has 1 aliphatic heterocycles. The first kappa shape index (κ1) is 9.92. The summed E-state index contributed by atoms with van der Waals surface area (Å²) in [6, 6.07) is 0. The molecule has 0 saturated carbocycles. The van der Waals surface area contributed by atoms with Crippen LogP contribution < -0.4 is 10.6 Å². The Morgan fingerprint density at radius 3 is 2.30 bits per heavy atom. The van der Waals surface area contributed by atoms with E-state index in [-0.39, 0.29) is 0 Å². The molecule has 0 spiro atoms. The molecule has 2 heteroatoms. The summed E-state index contributed by atoms with van der Waals surface area (Å²) in [6.07, 6.45) is 2.75. The maximum Gasteiger partial charge on any atom is -0.00201 e.